The Morgan fingerprint density at radius 3 is 2.55 bits per heavy atom. The largest absolute Gasteiger partial charge is 0.324 e. The molecule has 4 aromatic rings. The standard InChI is InChI=1S/C24H25N5O2/c1-15(2)18-7-9-19(10-8-18)29-23-20(12-26-29)24(31)28(14-25-23)13-22(30)27-21-11-16(3)5-6-17(21)4/h5-12,14-15H,13H2,1-4H3,(H,27,30). The fraction of sp³-hybridized carbons (Fsp3) is 0.250. The van der Waals surface area contributed by atoms with Crippen LogP contribution in [0.1, 0.15) is 36.5 Å². The Labute approximate surface area is 180 Å². The van der Waals surface area contributed by atoms with Crippen molar-refractivity contribution in [1.82, 2.24) is 19.3 Å². The second-order valence-electron chi connectivity index (χ2n) is 8.08. The Morgan fingerprint density at radius 2 is 1.84 bits per heavy atom. The summed E-state index contributed by atoms with van der Waals surface area (Å²) >= 11 is 0. The van der Waals surface area contributed by atoms with Gasteiger partial charge in [0.25, 0.3) is 5.56 Å². The van der Waals surface area contributed by atoms with Gasteiger partial charge in [-0.2, -0.15) is 5.10 Å². The molecule has 1 amide bonds. The number of aromatic nitrogens is 4. The highest BCUT2D eigenvalue weighted by Crippen LogP contribution is 2.19. The first kappa shape index (κ1) is 20.5. The maximum absolute atomic E-state index is 12.9. The number of carbonyl (C=O) groups excluding carboxylic acids is 1. The molecule has 0 aliphatic rings. The average molecular weight is 415 g/mol. The molecular weight excluding hydrogens is 390 g/mol. The van der Waals surface area contributed by atoms with Gasteiger partial charge in [-0.15, -0.1) is 0 Å². The second-order valence-corrected chi connectivity index (χ2v) is 8.08. The van der Waals surface area contributed by atoms with Gasteiger partial charge in [0.15, 0.2) is 5.65 Å². The van der Waals surface area contributed by atoms with Crippen LogP contribution in [-0.4, -0.2) is 25.2 Å². The van der Waals surface area contributed by atoms with Crippen LogP contribution < -0.4 is 10.9 Å². The number of hydrogen-bond donors (Lipinski definition) is 1. The predicted molar refractivity (Wildman–Crippen MR) is 122 cm³/mol. The van der Waals surface area contributed by atoms with Crippen LogP contribution in [0.3, 0.4) is 0 Å². The van der Waals surface area contributed by atoms with Crippen LogP contribution in [0.25, 0.3) is 16.7 Å². The fourth-order valence-electron chi connectivity index (χ4n) is 3.47. The van der Waals surface area contributed by atoms with Gasteiger partial charge in [0, 0.05) is 5.69 Å². The number of benzene rings is 2. The summed E-state index contributed by atoms with van der Waals surface area (Å²) in [7, 11) is 0. The Bertz CT molecular complexity index is 1320. The van der Waals surface area contributed by atoms with E-state index in [1.165, 1.54) is 22.7 Å². The lowest BCUT2D eigenvalue weighted by atomic mass is 10.0. The zero-order valence-electron chi connectivity index (χ0n) is 18.1. The lowest BCUT2D eigenvalue weighted by Gasteiger charge is -2.11. The smallest absolute Gasteiger partial charge is 0.264 e. The third-order valence-electron chi connectivity index (χ3n) is 5.34. The van der Waals surface area contributed by atoms with Crippen molar-refractivity contribution >= 4 is 22.6 Å². The Morgan fingerprint density at radius 1 is 1.10 bits per heavy atom. The van der Waals surface area contributed by atoms with E-state index in [4.69, 9.17) is 0 Å². The lowest BCUT2D eigenvalue weighted by Crippen LogP contribution is -2.28. The molecule has 1 N–H and O–H groups in total. The molecule has 4 rings (SSSR count). The van der Waals surface area contributed by atoms with Gasteiger partial charge in [-0.05, 0) is 54.7 Å². The third kappa shape index (κ3) is 4.12. The van der Waals surface area contributed by atoms with E-state index in [0.29, 0.717) is 17.0 Å². The van der Waals surface area contributed by atoms with Crippen LogP contribution in [0.2, 0.25) is 0 Å². The van der Waals surface area contributed by atoms with E-state index >= 15 is 0 Å². The fourth-order valence-corrected chi connectivity index (χ4v) is 3.47. The molecule has 0 saturated heterocycles. The van der Waals surface area contributed by atoms with E-state index in [0.717, 1.165) is 22.5 Å². The number of nitrogens with one attached hydrogen (secondary N) is 1. The Balaban J connectivity index is 1.59. The summed E-state index contributed by atoms with van der Waals surface area (Å²) in [5.41, 5.74) is 4.98. The minimum Gasteiger partial charge on any atom is -0.324 e. The van der Waals surface area contributed by atoms with Crippen LogP contribution in [-0.2, 0) is 11.3 Å². The summed E-state index contributed by atoms with van der Waals surface area (Å²) in [6.07, 6.45) is 2.90. The van der Waals surface area contributed by atoms with E-state index in [-0.39, 0.29) is 18.0 Å². The molecule has 0 aliphatic heterocycles. The molecule has 0 fully saturated rings. The first-order chi connectivity index (χ1) is 14.8. The summed E-state index contributed by atoms with van der Waals surface area (Å²) < 4.78 is 2.94. The highest BCUT2D eigenvalue weighted by atomic mass is 16.2. The molecule has 2 aromatic carbocycles. The van der Waals surface area contributed by atoms with E-state index < -0.39 is 0 Å². The topological polar surface area (TPSA) is 81.8 Å². The molecule has 0 unspecified atom stereocenters. The zero-order valence-corrected chi connectivity index (χ0v) is 18.1. The van der Waals surface area contributed by atoms with Crippen molar-refractivity contribution < 1.29 is 4.79 Å². The van der Waals surface area contributed by atoms with Crippen molar-refractivity contribution in [2.45, 2.75) is 40.2 Å². The van der Waals surface area contributed by atoms with Gasteiger partial charge in [-0.3, -0.25) is 14.2 Å². The summed E-state index contributed by atoms with van der Waals surface area (Å²) in [4.78, 5) is 29.9. The summed E-state index contributed by atoms with van der Waals surface area (Å²) in [5.74, 6) is 0.150. The van der Waals surface area contributed by atoms with Gasteiger partial charge < -0.3 is 5.32 Å². The second kappa shape index (κ2) is 8.18. The van der Waals surface area contributed by atoms with E-state index in [2.05, 4.69) is 29.2 Å². The van der Waals surface area contributed by atoms with Crippen LogP contribution in [0.4, 0.5) is 5.69 Å². The molecule has 158 valence electrons. The first-order valence-corrected chi connectivity index (χ1v) is 10.2. The molecule has 31 heavy (non-hydrogen) atoms. The van der Waals surface area contributed by atoms with Gasteiger partial charge in [-0.1, -0.05) is 38.1 Å². The number of hydrogen-bond acceptors (Lipinski definition) is 4. The van der Waals surface area contributed by atoms with Crippen LogP contribution in [0.15, 0.2) is 59.8 Å². The van der Waals surface area contributed by atoms with E-state index in [1.807, 2.05) is 56.3 Å². The average Bonchev–Trinajstić information content (AvgIpc) is 3.18. The van der Waals surface area contributed by atoms with Gasteiger partial charge in [0.1, 0.15) is 18.3 Å². The van der Waals surface area contributed by atoms with Crippen molar-refractivity contribution in [3.8, 4) is 5.69 Å². The van der Waals surface area contributed by atoms with E-state index in [9.17, 15) is 9.59 Å². The monoisotopic (exact) mass is 415 g/mol. The van der Waals surface area contributed by atoms with Crippen LogP contribution in [0, 0.1) is 13.8 Å². The number of aryl methyl sites for hydroxylation is 2. The molecule has 7 heteroatoms. The number of anilines is 1. The molecule has 0 radical (unpaired) electrons. The summed E-state index contributed by atoms with van der Waals surface area (Å²) in [5, 5.41) is 7.59. The molecule has 0 atom stereocenters. The molecule has 0 spiro atoms. The molecule has 2 heterocycles. The normalized spacial score (nSPS) is 11.3. The summed E-state index contributed by atoms with van der Waals surface area (Å²) in [6, 6.07) is 13.9. The Kier molecular flexibility index (Phi) is 5.42. The van der Waals surface area contributed by atoms with Crippen molar-refractivity contribution in [2.75, 3.05) is 5.32 Å². The summed E-state index contributed by atoms with van der Waals surface area (Å²) in [6.45, 7) is 8.04. The van der Waals surface area contributed by atoms with Crippen molar-refractivity contribution in [1.29, 1.82) is 0 Å². The molecule has 7 nitrogen and oxygen atoms in total. The molecule has 2 aromatic heterocycles. The number of amides is 1. The highest BCUT2D eigenvalue weighted by Gasteiger charge is 2.14. The van der Waals surface area contributed by atoms with Gasteiger partial charge in [-0.25, -0.2) is 9.67 Å². The SMILES string of the molecule is Cc1ccc(C)c(NC(=O)Cn2cnc3c(cnn3-c3ccc(C(C)C)cc3)c2=O)c1. The Hall–Kier alpha value is -3.74. The number of carbonyl (C=O) groups is 1. The van der Waals surface area contributed by atoms with Gasteiger partial charge >= 0.3 is 0 Å². The van der Waals surface area contributed by atoms with Crippen molar-refractivity contribution in [3.63, 3.8) is 0 Å². The van der Waals surface area contributed by atoms with Crippen LogP contribution in [0.5, 0.6) is 0 Å². The predicted octanol–water partition coefficient (Wildman–Crippen LogP) is 3.96. The highest BCUT2D eigenvalue weighted by molar-refractivity contribution is 5.91. The number of fused-ring (bicyclic) bond motifs is 1. The third-order valence-corrected chi connectivity index (χ3v) is 5.34. The van der Waals surface area contributed by atoms with E-state index in [1.54, 1.807) is 4.68 Å². The van der Waals surface area contributed by atoms with Crippen molar-refractivity contribution in [3.05, 3.63) is 82.0 Å². The molecule has 0 saturated carbocycles. The maximum Gasteiger partial charge on any atom is 0.264 e. The number of nitrogens with zero attached hydrogens (tertiary/aromatic N) is 4. The first-order valence-electron chi connectivity index (χ1n) is 10.2. The lowest BCUT2D eigenvalue weighted by molar-refractivity contribution is -0.116. The zero-order chi connectivity index (χ0) is 22.1. The molecular formula is C24H25N5O2. The van der Waals surface area contributed by atoms with Gasteiger partial charge in [0.05, 0.1) is 11.9 Å². The molecule has 0 aliphatic carbocycles. The van der Waals surface area contributed by atoms with Crippen molar-refractivity contribution in [2.24, 2.45) is 0 Å². The minimum atomic E-state index is -0.300. The quantitative estimate of drug-likeness (QED) is 0.535. The number of rotatable bonds is 5. The maximum atomic E-state index is 12.9. The minimum absolute atomic E-state index is 0.122. The van der Waals surface area contributed by atoms with Crippen LogP contribution >= 0.6 is 0 Å². The molecule has 0 bridgehead atoms. The van der Waals surface area contributed by atoms with Gasteiger partial charge in [0.2, 0.25) is 5.91 Å².